The van der Waals surface area contributed by atoms with Crippen LogP contribution >= 0.6 is 11.6 Å². The lowest BCUT2D eigenvalue weighted by Gasteiger charge is -2.42. The number of amides is 2. The molecule has 0 unspecified atom stereocenters. The van der Waals surface area contributed by atoms with Crippen LogP contribution in [0.25, 0.3) is 0 Å². The predicted octanol–water partition coefficient (Wildman–Crippen LogP) is 3.42. The van der Waals surface area contributed by atoms with Gasteiger partial charge in [0.15, 0.2) is 0 Å². The second-order valence-corrected chi connectivity index (χ2v) is 9.41. The monoisotopic (exact) mass is 454 g/mol. The van der Waals surface area contributed by atoms with Crippen molar-refractivity contribution in [1.82, 2.24) is 4.90 Å². The van der Waals surface area contributed by atoms with Crippen LogP contribution < -0.4 is 4.90 Å². The molecule has 0 bridgehead atoms. The minimum absolute atomic E-state index is 0.00616. The second kappa shape index (κ2) is 8.50. The van der Waals surface area contributed by atoms with E-state index in [0.29, 0.717) is 57.1 Å². The van der Waals surface area contributed by atoms with Crippen LogP contribution in [0.4, 0.5) is 5.69 Å². The lowest BCUT2D eigenvalue weighted by atomic mass is 9.73. The summed E-state index contributed by atoms with van der Waals surface area (Å²) in [5, 5.41) is 0.586. The van der Waals surface area contributed by atoms with Gasteiger partial charge >= 0.3 is 0 Å². The fourth-order valence-corrected chi connectivity index (χ4v) is 5.45. The Morgan fingerprint density at radius 2 is 1.75 bits per heavy atom. The number of halogens is 1. The Morgan fingerprint density at radius 3 is 2.50 bits per heavy atom. The Kier molecular flexibility index (Phi) is 5.70. The first kappa shape index (κ1) is 21.4. The maximum absolute atomic E-state index is 13.9. The van der Waals surface area contributed by atoms with E-state index in [1.807, 2.05) is 47.4 Å². The van der Waals surface area contributed by atoms with Crippen LogP contribution in [0.3, 0.4) is 0 Å². The molecule has 3 aliphatic rings. The van der Waals surface area contributed by atoms with Gasteiger partial charge in [0, 0.05) is 30.5 Å². The van der Waals surface area contributed by atoms with Gasteiger partial charge in [-0.15, -0.1) is 0 Å². The maximum Gasteiger partial charge on any atom is 0.253 e. The van der Waals surface area contributed by atoms with Gasteiger partial charge in [0.25, 0.3) is 5.91 Å². The molecule has 0 N–H and O–H groups in total. The Bertz CT molecular complexity index is 1010. The number of likely N-dealkylation sites (tertiary alicyclic amines) is 1. The van der Waals surface area contributed by atoms with Crippen molar-refractivity contribution in [3.8, 4) is 0 Å². The topological polar surface area (TPSA) is 59.1 Å². The van der Waals surface area contributed by atoms with E-state index in [9.17, 15) is 9.59 Å². The summed E-state index contributed by atoms with van der Waals surface area (Å²) >= 11 is 6.15. The molecular formula is C25H27ClN2O4. The smallest absolute Gasteiger partial charge is 0.253 e. The van der Waals surface area contributed by atoms with E-state index < -0.39 is 11.0 Å². The molecule has 0 aromatic heterocycles. The molecule has 6 nitrogen and oxygen atoms in total. The minimum Gasteiger partial charge on any atom is -0.381 e. The summed E-state index contributed by atoms with van der Waals surface area (Å²) in [6.07, 6.45) is 2.05. The van der Waals surface area contributed by atoms with Crippen molar-refractivity contribution in [2.75, 3.05) is 44.4 Å². The molecule has 0 saturated carbocycles. The zero-order valence-electron chi connectivity index (χ0n) is 18.0. The molecule has 2 amide bonds. The molecule has 3 heterocycles. The molecule has 3 aliphatic heterocycles. The average Bonchev–Trinajstić information content (AvgIpc) is 3.25. The van der Waals surface area contributed by atoms with Crippen molar-refractivity contribution in [3.63, 3.8) is 0 Å². The number of carbonyl (C=O) groups excluding carboxylic acids is 2. The summed E-state index contributed by atoms with van der Waals surface area (Å²) in [6, 6.07) is 17.4. The summed E-state index contributed by atoms with van der Waals surface area (Å²) in [5.74, 6) is 0.0477. The number of anilines is 1. The van der Waals surface area contributed by atoms with Crippen LogP contribution in [0, 0.1) is 0 Å². The van der Waals surface area contributed by atoms with E-state index in [2.05, 4.69) is 0 Å². The number of hydrogen-bond acceptors (Lipinski definition) is 4. The number of nitrogens with zero attached hydrogens (tertiary/aromatic N) is 2. The van der Waals surface area contributed by atoms with Gasteiger partial charge in [0.2, 0.25) is 5.91 Å². The summed E-state index contributed by atoms with van der Waals surface area (Å²) in [4.78, 5) is 30.2. The van der Waals surface area contributed by atoms with Crippen LogP contribution in [0.5, 0.6) is 0 Å². The highest BCUT2D eigenvalue weighted by Crippen LogP contribution is 2.40. The van der Waals surface area contributed by atoms with Gasteiger partial charge < -0.3 is 19.3 Å². The van der Waals surface area contributed by atoms with Gasteiger partial charge in [-0.05, 0) is 43.0 Å². The number of rotatable bonds is 3. The third kappa shape index (κ3) is 3.81. The Labute approximate surface area is 193 Å². The number of carbonyl (C=O) groups is 2. The minimum atomic E-state index is -0.567. The van der Waals surface area contributed by atoms with E-state index in [4.69, 9.17) is 21.1 Å². The zero-order valence-corrected chi connectivity index (χ0v) is 18.7. The summed E-state index contributed by atoms with van der Waals surface area (Å²) in [7, 11) is 0. The number of ether oxygens (including phenoxy) is 2. The van der Waals surface area contributed by atoms with Crippen LogP contribution in [-0.4, -0.2) is 61.8 Å². The zero-order chi connectivity index (χ0) is 22.2. The van der Waals surface area contributed by atoms with E-state index in [1.54, 1.807) is 17.0 Å². The van der Waals surface area contributed by atoms with Crippen LogP contribution in [0.15, 0.2) is 54.6 Å². The largest absolute Gasteiger partial charge is 0.381 e. The Morgan fingerprint density at radius 1 is 0.969 bits per heavy atom. The summed E-state index contributed by atoms with van der Waals surface area (Å²) in [5.41, 5.74) is 0.687. The highest BCUT2D eigenvalue weighted by Gasteiger charge is 2.51. The first-order valence-electron chi connectivity index (χ1n) is 11.1. The molecule has 5 rings (SSSR count). The number of morpholine rings is 1. The molecular weight excluding hydrogens is 428 g/mol. The van der Waals surface area contributed by atoms with Crippen LogP contribution in [0.1, 0.15) is 24.8 Å². The van der Waals surface area contributed by atoms with Gasteiger partial charge in [-0.2, -0.15) is 0 Å². The van der Waals surface area contributed by atoms with Gasteiger partial charge in [-0.25, -0.2) is 0 Å². The number of hydrogen-bond donors (Lipinski definition) is 0. The van der Waals surface area contributed by atoms with E-state index in [-0.39, 0.29) is 18.4 Å². The highest BCUT2D eigenvalue weighted by molar-refractivity contribution is 6.30. The third-order valence-electron chi connectivity index (χ3n) is 7.05. The van der Waals surface area contributed by atoms with E-state index in [0.717, 1.165) is 11.3 Å². The second-order valence-electron chi connectivity index (χ2n) is 8.97. The molecule has 168 valence electrons. The lowest BCUT2D eigenvalue weighted by molar-refractivity contribution is -0.144. The van der Waals surface area contributed by atoms with E-state index >= 15 is 0 Å². The maximum atomic E-state index is 13.9. The lowest BCUT2D eigenvalue weighted by Crippen LogP contribution is -2.57. The number of benzene rings is 2. The van der Waals surface area contributed by atoms with Crippen molar-refractivity contribution in [1.29, 1.82) is 0 Å². The SMILES string of the molecule is O=C1CO[C@@]2(CCN(C(=O)C3(c4ccccc4)CCOCC3)C2)CN1c1cccc(Cl)c1. The molecule has 1 spiro atoms. The average molecular weight is 455 g/mol. The molecule has 32 heavy (non-hydrogen) atoms. The van der Waals surface area contributed by atoms with Crippen LogP contribution in [-0.2, 0) is 24.5 Å². The van der Waals surface area contributed by atoms with E-state index in [1.165, 1.54) is 0 Å². The molecule has 1 atom stereocenters. The molecule has 0 radical (unpaired) electrons. The van der Waals surface area contributed by atoms with Crippen LogP contribution in [0.2, 0.25) is 5.02 Å². The molecule has 2 aromatic rings. The third-order valence-corrected chi connectivity index (χ3v) is 7.29. The molecule has 2 aromatic carbocycles. The summed E-state index contributed by atoms with van der Waals surface area (Å²) < 4.78 is 11.7. The normalized spacial score (nSPS) is 25.3. The molecule has 3 fully saturated rings. The van der Waals surface area contributed by atoms with Crippen molar-refractivity contribution >= 4 is 29.1 Å². The van der Waals surface area contributed by atoms with Crippen molar-refractivity contribution in [2.45, 2.75) is 30.3 Å². The first-order chi connectivity index (χ1) is 15.5. The van der Waals surface area contributed by atoms with Gasteiger partial charge in [0.05, 0.1) is 18.5 Å². The molecule has 0 aliphatic carbocycles. The quantitative estimate of drug-likeness (QED) is 0.713. The molecule has 7 heteroatoms. The van der Waals surface area contributed by atoms with Crippen molar-refractivity contribution in [3.05, 3.63) is 65.2 Å². The Balaban J connectivity index is 1.38. The predicted molar refractivity (Wildman–Crippen MR) is 122 cm³/mol. The first-order valence-corrected chi connectivity index (χ1v) is 11.5. The standard InChI is InChI=1S/C25H27ClN2O4/c26-20-7-4-8-21(15-20)28-18-24(32-16-22(28)29)9-12-27(17-24)23(30)25(10-13-31-14-11-25)19-5-2-1-3-6-19/h1-8,15H,9-14,16-18H2/t24-/m1/s1. The highest BCUT2D eigenvalue weighted by atomic mass is 35.5. The fraction of sp³-hybridized carbons (Fsp3) is 0.440. The molecule has 3 saturated heterocycles. The van der Waals surface area contributed by atoms with Crippen molar-refractivity contribution in [2.24, 2.45) is 0 Å². The summed E-state index contributed by atoms with van der Waals surface area (Å²) in [6.45, 7) is 2.67. The van der Waals surface area contributed by atoms with Crippen molar-refractivity contribution < 1.29 is 19.1 Å². The van der Waals surface area contributed by atoms with Gasteiger partial charge in [0.1, 0.15) is 12.2 Å². The van der Waals surface area contributed by atoms with Gasteiger partial charge in [-0.1, -0.05) is 48.0 Å². The Hall–Kier alpha value is -2.41. The van der Waals surface area contributed by atoms with Gasteiger partial charge in [-0.3, -0.25) is 9.59 Å². The fourth-order valence-electron chi connectivity index (χ4n) is 5.26.